The lowest BCUT2D eigenvalue weighted by atomic mass is 10.1. The van der Waals surface area contributed by atoms with E-state index >= 15 is 0 Å². The minimum Gasteiger partial charge on any atom is -0.352 e. The number of amides is 1. The molecule has 0 bridgehead atoms. The van der Waals surface area contributed by atoms with Crippen LogP contribution in [0.2, 0.25) is 5.02 Å². The maximum absolute atomic E-state index is 12.6. The number of piperazine rings is 1. The summed E-state index contributed by atoms with van der Waals surface area (Å²) in [6.07, 6.45) is 1.93. The van der Waals surface area contributed by atoms with E-state index in [1.165, 1.54) is 0 Å². The van der Waals surface area contributed by atoms with Crippen LogP contribution in [0.3, 0.4) is 0 Å². The molecule has 0 unspecified atom stereocenters. The van der Waals surface area contributed by atoms with Crippen molar-refractivity contribution in [2.75, 3.05) is 31.1 Å². The number of carbonyl (C=O) groups excluding carboxylic acids is 1. The average Bonchev–Trinajstić information content (AvgIpc) is 3.12. The summed E-state index contributed by atoms with van der Waals surface area (Å²) in [7, 11) is 0. The van der Waals surface area contributed by atoms with Crippen molar-refractivity contribution in [1.82, 2.24) is 24.7 Å². The molecular weight excluding hydrogens is 352 g/mol. The van der Waals surface area contributed by atoms with Crippen LogP contribution in [0.5, 0.6) is 0 Å². The smallest absolute Gasteiger partial charge is 0.227 e. The van der Waals surface area contributed by atoms with Crippen LogP contribution in [-0.4, -0.2) is 56.8 Å². The van der Waals surface area contributed by atoms with Crippen LogP contribution in [0, 0.1) is 6.92 Å². The Kier molecular flexibility index (Phi) is 4.46. The summed E-state index contributed by atoms with van der Waals surface area (Å²) in [5.41, 5.74) is 2.72. The van der Waals surface area contributed by atoms with Crippen LogP contribution in [0.25, 0.3) is 5.65 Å². The third-order valence-corrected chi connectivity index (χ3v) is 5.02. The number of carbonyl (C=O) groups is 1. The summed E-state index contributed by atoms with van der Waals surface area (Å²) in [6, 6.07) is 9.62. The molecule has 7 nitrogen and oxygen atoms in total. The molecular formula is C18H19ClN6O. The van der Waals surface area contributed by atoms with Crippen molar-refractivity contribution in [3.8, 4) is 0 Å². The molecule has 1 aromatic carbocycles. The molecule has 0 radical (unpaired) electrons. The molecule has 4 rings (SSSR count). The fourth-order valence-corrected chi connectivity index (χ4v) is 3.37. The number of nitrogens with zero attached hydrogens (tertiary/aromatic N) is 6. The highest BCUT2D eigenvalue weighted by atomic mass is 35.5. The number of halogens is 1. The number of aryl methyl sites for hydroxylation is 1. The highest BCUT2D eigenvalue weighted by Gasteiger charge is 2.23. The van der Waals surface area contributed by atoms with E-state index in [-0.39, 0.29) is 5.91 Å². The Hall–Kier alpha value is -2.67. The van der Waals surface area contributed by atoms with Gasteiger partial charge < -0.3 is 9.80 Å². The van der Waals surface area contributed by atoms with E-state index in [0.29, 0.717) is 24.5 Å². The molecule has 0 spiro atoms. The standard InChI is InChI=1S/C18H19ClN6O/c1-13-2-3-15(19)14(10-13)11-18(26)24-8-6-23(7-9-24)17-5-4-16-21-20-12-25(16)22-17/h2-5,10,12H,6-9,11H2,1H3. The van der Waals surface area contributed by atoms with Crippen molar-refractivity contribution in [1.29, 1.82) is 0 Å². The topological polar surface area (TPSA) is 66.6 Å². The molecule has 1 fully saturated rings. The molecule has 1 aliphatic rings. The average molecular weight is 371 g/mol. The summed E-state index contributed by atoms with van der Waals surface area (Å²) in [5.74, 6) is 0.977. The first-order valence-electron chi connectivity index (χ1n) is 8.55. The number of anilines is 1. The van der Waals surface area contributed by atoms with E-state index in [0.717, 1.165) is 35.7 Å². The summed E-state index contributed by atoms with van der Waals surface area (Å²) in [4.78, 5) is 16.7. The predicted octanol–water partition coefficient (Wildman–Crippen LogP) is 1.98. The number of hydrogen-bond acceptors (Lipinski definition) is 5. The van der Waals surface area contributed by atoms with E-state index in [1.54, 1.807) is 10.8 Å². The van der Waals surface area contributed by atoms with Crippen LogP contribution in [0.1, 0.15) is 11.1 Å². The molecule has 3 aromatic rings. The first-order chi connectivity index (χ1) is 12.6. The molecule has 1 amide bonds. The van der Waals surface area contributed by atoms with Gasteiger partial charge in [0.15, 0.2) is 5.65 Å². The van der Waals surface area contributed by atoms with Crippen molar-refractivity contribution in [2.24, 2.45) is 0 Å². The van der Waals surface area contributed by atoms with Gasteiger partial charge in [-0.05, 0) is 30.7 Å². The van der Waals surface area contributed by atoms with E-state index in [4.69, 9.17) is 11.6 Å². The fraction of sp³-hybridized carbons (Fsp3) is 0.333. The molecule has 3 heterocycles. The Morgan fingerprint density at radius 1 is 1.15 bits per heavy atom. The molecule has 26 heavy (non-hydrogen) atoms. The number of rotatable bonds is 3. The van der Waals surface area contributed by atoms with E-state index in [2.05, 4.69) is 20.2 Å². The Morgan fingerprint density at radius 2 is 1.96 bits per heavy atom. The maximum atomic E-state index is 12.6. The molecule has 0 saturated carbocycles. The van der Waals surface area contributed by atoms with Gasteiger partial charge in [0.2, 0.25) is 5.91 Å². The molecule has 134 valence electrons. The van der Waals surface area contributed by atoms with Gasteiger partial charge in [-0.15, -0.1) is 15.3 Å². The summed E-state index contributed by atoms with van der Waals surface area (Å²) >= 11 is 6.22. The minimum absolute atomic E-state index is 0.111. The third-order valence-electron chi connectivity index (χ3n) is 4.65. The Morgan fingerprint density at radius 3 is 2.77 bits per heavy atom. The van der Waals surface area contributed by atoms with Crippen molar-refractivity contribution in [3.05, 3.63) is 52.8 Å². The lowest BCUT2D eigenvalue weighted by molar-refractivity contribution is -0.130. The first-order valence-corrected chi connectivity index (χ1v) is 8.93. The SMILES string of the molecule is Cc1ccc(Cl)c(CC(=O)N2CCN(c3ccc4nncn4n3)CC2)c1. The highest BCUT2D eigenvalue weighted by molar-refractivity contribution is 6.31. The normalized spacial score (nSPS) is 14.8. The van der Waals surface area contributed by atoms with Gasteiger partial charge >= 0.3 is 0 Å². The maximum Gasteiger partial charge on any atom is 0.227 e. The molecule has 8 heteroatoms. The molecule has 2 aromatic heterocycles. The Balaban J connectivity index is 1.39. The van der Waals surface area contributed by atoms with E-state index in [1.807, 2.05) is 42.2 Å². The molecule has 1 saturated heterocycles. The molecule has 0 N–H and O–H groups in total. The summed E-state index contributed by atoms with van der Waals surface area (Å²) < 4.78 is 1.66. The van der Waals surface area contributed by atoms with Gasteiger partial charge in [0, 0.05) is 31.2 Å². The van der Waals surface area contributed by atoms with Gasteiger partial charge in [-0.2, -0.15) is 4.52 Å². The van der Waals surface area contributed by atoms with Crippen LogP contribution in [0.15, 0.2) is 36.7 Å². The number of fused-ring (bicyclic) bond motifs is 1. The van der Waals surface area contributed by atoms with E-state index in [9.17, 15) is 4.79 Å². The van der Waals surface area contributed by atoms with Crippen LogP contribution < -0.4 is 4.90 Å². The van der Waals surface area contributed by atoms with Crippen LogP contribution >= 0.6 is 11.6 Å². The molecule has 0 aliphatic carbocycles. The number of benzene rings is 1. The summed E-state index contributed by atoms with van der Waals surface area (Å²) in [6.45, 7) is 4.83. The largest absolute Gasteiger partial charge is 0.352 e. The second kappa shape index (κ2) is 6.92. The highest BCUT2D eigenvalue weighted by Crippen LogP contribution is 2.20. The zero-order valence-corrected chi connectivity index (χ0v) is 15.2. The Labute approximate surface area is 156 Å². The zero-order valence-electron chi connectivity index (χ0n) is 14.5. The second-order valence-electron chi connectivity index (χ2n) is 6.46. The number of aromatic nitrogens is 4. The lowest BCUT2D eigenvalue weighted by Gasteiger charge is -2.35. The van der Waals surface area contributed by atoms with Gasteiger partial charge in [0.25, 0.3) is 0 Å². The first kappa shape index (κ1) is 16.8. The molecule has 0 atom stereocenters. The van der Waals surface area contributed by atoms with Gasteiger partial charge in [-0.1, -0.05) is 29.3 Å². The third kappa shape index (κ3) is 3.35. The Bertz CT molecular complexity index is 948. The van der Waals surface area contributed by atoms with Gasteiger partial charge in [0.05, 0.1) is 6.42 Å². The van der Waals surface area contributed by atoms with Crippen molar-refractivity contribution in [3.63, 3.8) is 0 Å². The van der Waals surface area contributed by atoms with Crippen LogP contribution in [0.4, 0.5) is 5.82 Å². The quantitative estimate of drug-likeness (QED) is 0.705. The van der Waals surface area contributed by atoms with E-state index < -0.39 is 0 Å². The minimum atomic E-state index is 0.111. The van der Waals surface area contributed by atoms with Crippen molar-refractivity contribution >= 4 is 29.0 Å². The summed E-state index contributed by atoms with van der Waals surface area (Å²) in [5, 5.41) is 13.0. The lowest BCUT2D eigenvalue weighted by Crippen LogP contribution is -2.49. The van der Waals surface area contributed by atoms with Crippen molar-refractivity contribution in [2.45, 2.75) is 13.3 Å². The van der Waals surface area contributed by atoms with Gasteiger partial charge in [-0.25, -0.2) is 0 Å². The monoisotopic (exact) mass is 370 g/mol. The zero-order chi connectivity index (χ0) is 18.1. The van der Waals surface area contributed by atoms with Gasteiger partial charge in [-0.3, -0.25) is 4.79 Å². The second-order valence-corrected chi connectivity index (χ2v) is 6.87. The van der Waals surface area contributed by atoms with Gasteiger partial charge in [0.1, 0.15) is 12.1 Å². The predicted molar refractivity (Wildman–Crippen MR) is 99.5 cm³/mol. The molecule has 1 aliphatic heterocycles. The fourth-order valence-electron chi connectivity index (χ4n) is 3.19. The van der Waals surface area contributed by atoms with Crippen LogP contribution in [-0.2, 0) is 11.2 Å². The number of hydrogen-bond donors (Lipinski definition) is 0. The van der Waals surface area contributed by atoms with Crippen molar-refractivity contribution < 1.29 is 4.79 Å².